The van der Waals surface area contributed by atoms with E-state index in [2.05, 4.69) is 24.3 Å². The number of rotatable bonds is 4. The third-order valence-corrected chi connectivity index (χ3v) is 5.05. The summed E-state index contributed by atoms with van der Waals surface area (Å²) in [5, 5.41) is 2.11. The average molecular weight is 336 g/mol. The third-order valence-electron chi connectivity index (χ3n) is 4.74. The number of aryl methyl sites for hydroxylation is 1. The van der Waals surface area contributed by atoms with Crippen molar-refractivity contribution in [2.45, 2.75) is 37.4 Å². The summed E-state index contributed by atoms with van der Waals surface area (Å²) in [4.78, 5) is 2.26. The molecule has 0 aliphatic carbocycles. The summed E-state index contributed by atoms with van der Waals surface area (Å²) in [6, 6.07) is 4.10. The quantitative estimate of drug-likeness (QED) is 0.896. The van der Waals surface area contributed by atoms with Crippen molar-refractivity contribution in [2.24, 2.45) is 0 Å². The van der Waals surface area contributed by atoms with Crippen LogP contribution in [0.4, 0.5) is 13.2 Å². The minimum atomic E-state index is -4.39. The number of hydrogen-bond donors (Lipinski definition) is 1. The Bertz CT molecular complexity index is 509. The molecule has 1 heterocycles. The van der Waals surface area contributed by atoms with Gasteiger partial charge in [0.2, 0.25) is 0 Å². The fourth-order valence-electron chi connectivity index (χ4n) is 3.23. The van der Waals surface area contributed by atoms with Crippen molar-refractivity contribution in [3.05, 3.63) is 34.3 Å². The van der Waals surface area contributed by atoms with Crippen LogP contribution in [0.5, 0.6) is 0 Å². The summed E-state index contributed by atoms with van der Waals surface area (Å²) < 4.78 is 38.2. The highest BCUT2D eigenvalue weighted by Crippen LogP contribution is 2.35. The molecule has 1 atom stereocenters. The van der Waals surface area contributed by atoms with E-state index in [1.165, 1.54) is 12.5 Å². The van der Waals surface area contributed by atoms with Gasteiger partial charge in [-0.05, 0) is 57.5 Å². The molecule has 1 aliphatic heterocycles. The van der Waals surface area contributed by atoms with Crippen LogP contribution in [0.3, 0.4) is 0 Å². The first kappa shape index (κ1) is 17.6. The number of hydrogen-bond acceptors (Lipinski definition) is 1. The van der Waals surface area contributed by atoms with Crippen LogP contribution < -0.4 is 5.32 Å². The van der Waals surface area contributed by atoms with E-state index in [9.17, 15) is 13.2 Å². The summed E-state index contributed by atoms with van der Waals surface area (Å²) >= 11 is 5.80. The molecule has 0 amide bonds. The zero-order chi connectivity index (χ0) is 16.4. The SMILES string of the molecule is CN(C)[C@]1(CCc2ccc(C(F)(F)F)c(Cl)c2)CCC[NH2+]C1. The van der Waals surface area contributed by atoms with E-state index in [4.69, 9.17) is 11.6 Å². The summed E-state index contributed by atoms with van der Waals surface area (Å²) in [6.07, 6.45) is -0.419. The van der Waals surface area contributed by atoms with Gasteiger partial charge in [0.05, 0.1) is 29.2 Å². The van der Waals surface area contributed by atoms with Crippen molar-refractivity contribution in [2.75, 3.05) is 27.2 Å². The lowest BCUT2D eigenvalue weighted by Gasteiger charge is -2.41. The number of nitrogens with zero attached hydrogens (tertiary/aromatic N) is 1. The number of piperidine rings is 1. The topological polar surface area (TPSA) is 19.9 Å². The summed E-state index contributed by atoms with van der Waals surface area (Å²) in [6.45, 7) is 2.19. The Balaban J connectivity index is 2.09. The van der Waals surface area contributed by atoms with Gasteiger partial charge in [-0.3, -0.25) is 4.90 Å². The van der Waals surface area contributed by atoms with Crippen LogP contribution in [-0.4, -0.2) is 37.6 Å². The molecule has 124 valence electrons. The van der Waals surface area contributed by atoms with Crippen molar-refractivity contribution in [3.63, 3.8) is 0 Å². The van der Waals surface area contributed by atoms with Crippen LogP contribution in [0.25, 0.3) is 0 Å². The van der Waals surface area contributed by atoms with E-state index in [0.29, 0.717) is 0 Å². The maximum atomic E-state index is 12.7. The van der Waals surface area contributed by atoms with Crippen molar-refractivity contribution >= 4 is 11.6 Å². The molecule has 0 spiro atoms. The van der Waals surface area contributed by atoms with Gasteiger partial charge in [0.25, 0.3) is 0 Å². The summed E-state index contributed by atoms with van der Waals surface area (Å²) in [5.74, 6) is 0. The minimum absolute atomic E-state index is 0.118. The highest BCUT2D eigenvalue weighted by Gasteiger charge is 2.37. The molecule has 1 fully saturated rings. The van der Waals surface area contributed by atoms with E-state index in [0.717, 1.165) is 44.0 Å². The van der Waals surface area contributed by atoms with Gasteiger partial charge in [-0.2, -0.15) is 13.2 Å². The van der Waals surface area contributed by atoms with Gasteiger partial charge in [-0.25, -0.2) is 0 Å². The average Bonchev–Trinajstić information content (AvgIpc) is 2.44. The molecule has 0 radical (unpaired) electrons. The van der Waals surface area contributed by atoms with Crippen LogP contribution in [0.1, 0.15) is 30.4 Å². The lowest BCUT2D eigenvalue weighted by molar-refractivity contribution is -0.673. The Hall–Kier alpha value is -0.780. The lowest BCUT2D eigenvalue weighted by Crippen LogP contribution is -2.91. The predicted octanol–water partition coefficient (Wildman–Crippen LogP) is 2.95. The van der Waals surface area contributed by atoms with Crippen LogP contribution in [-0.2, 0) is 12.6 Å². The van der Waals surface area contributed by atoms with E-state index in [-0.39, 0.29) is 10.6 Å². The van der Waals surface area contributed by atoms with Crippen molar-refractivity contribution in [3.8, 4) is 0 Å². The Morgan fingerprint density at radius 2 is 2.05 bits per heavy atom. The van der Waals surface area contributed by atoms with Gasteiger partial charge in [0, 0.05) is 0 Å². The third kappa shape index (κ3) is 3.94. The molecular formula is C16H23ClF3N2+. The van der Waals surface area contributed by atoms with Crippen molar-refractivity contribution in [1.29, 1.82) is 0 Å². The molecule has 1 saturated heterocycles. The van der Waals surface area contributed by atoms with Crippen LogP contribution in [0, 0.1) is 0 Å². The predicted molar refractivity (Wildman–Crippen MR) is 82.1 cm³/mol. The molecule has 2 nitrogen and oxygen atoms in total. The summed E-state index contributed by atoms with van der Waals surface area (Å²) in [7, 11) is 4.16. The first-order valence-corrected chi connectivity index (χ1v) is 7.97. The maximum Gasteiger partial charge on any atom is 0.417 e. The largest absolute Gasteiger partial charge is 0.417 e. The van der Waals surface area contributed by atoms with Gasteiger partial charge in [-0.15, -0.1) is 0 Å². The number of alkyl halides is 3. The number of likely N-dealkylation sites (N-methyl/N-ethyl adjacent to an activating group) is 1. The molecular weight excluding hydrogens is 313 g/mol. The number of halogens is 4. The van der Waals surface area contributed by atoms with Gasteiger partial charge in [0.1, 0.15) is 0 Å². The van der Waals surface area contributed by atoms with E-state index in [1.807, 2.05) is 0 Å². The Kier molecular flexibility index (Phi) is 5.41. The van der Waals surface area contributed by atoms with E-state index >= 15 is 0 Å². The molecule has 0 saturated carbocycles. The van der Waals surface area contributed by atoms with Gasteiger partial charge in [-0.1, -0.05) is 17.7 Å². The fourth-order valence-corrected chi connectivity index (χ4v) is 3.54. The molecule has 2 rings (SSSR count). The molecule has 1 aromatic rings. The Morgan fingerprint density at radius 1 is 1.32 bits per heavy atom. The van der Waals surface area contributed by atoms with Crippen LogP contribution >= 0.6 is 11.6 Å². The van der Waals surface area contributed by atoms with Crippen LogP contribution in [0.2, 0.25) is 5.02 Å². The van der Waals surface area contributed by atoms with Gasteiger partial charge >= 0.3 is 6.18 Å². The Labute approximate surface area is 134 Å². The molecule has 1 aliphatic rings. The molecule has 1 aromatic carbocycles. The maximum absolute atomic E-state index is 12.7. The Morgan fingerprint density at radius 3 is 2.55 bits per heavy atom. The smallest absolute Gasteiger partial charge is 0.345 e. The van der Waals surface area contributed by atoms with Crippen molar-refractivity contribution in [1.82, 2.24) is 4.90 Å². The summed E-state index contributed by atoms with van der Waals surface area (Å²) in [5.41, 5.74) is 0.226. The number of nitrogens with two attached hydrogens (primary N) is 1. The molecule has 6 heteroatoms. The highest BCUT2D eigenvalue weighted by molar-refractivity contribution is 6.31. The first-order valence-electron chi connectivity index (χ1n) is 7.59. The standard InChI is InChI=1S/C16H22ClF3N2/c1-22(2)15(7-3-9-21-11-15)8-6-12-4-5-13(14(17)10-12)16(18,19)20/h4-5,10,21H,3,6-9,11H2,1-2H3/p+1/t15-/m0/s1. The zero-order valence-electron chi connectivity index (χ0n) is 13.0. The second-order valence-corrected chi connectivity index (χ2v) is 6.72. The first-order chi connectivity index (χ1) is 10.2. The highest BCUT2D eigenvalue weighted by atomic mass is 35.5. The lowest BCUT2D eigenvalue weighted by atomic mass is 9.83. The van der Waals surface area contributed by atoms with Gasteiger partial charge < -0.3 is 5.32 Å². The van der Waals surface area contributed by atoms with Gasteiger partial charge in [0.15, 0.2) is 0 Å². The second kappa shape index (κ2) is 6.77. The fraction of sp³-hybridized carbons (Fsp3) is 0.625. The normalized spacial score (nSPS) is 23.0. The molecule has 22 heavy (non-hydrogen) atoms. The monoisotopic (exact) mass is 335 g/mol. The van der Waals surface area contributed by atoms with Crippen molar-refractivity contribution < 1.29 is 18.5 Å². The molecule has 0 bridgehead atoms. The number of quaternary nitrogens is 1. The van der Waals surface area contributed by atoms with Crippen LogP contribution in [0.15, 0.2) is 18.2 Å². The molecule has 2 N–H and O–H groups in total. The second-order valence-electron chi connectivity index (χ2n) is 6.32. The zero-order valence-corrected chi connectivity index (χ0v) is 13.8. The molecule has 0 unspecified atom stereocenters. The van der Waals surface area contributed by atoms with E-state index in [1.54, 1.807) is 6.07 Å². The van der Waals surface area contributed by atoms with E-state index < -0.39 is 11.7 Å². The minimum Gasteiger partial charge on any atom is -0.345 e. The molecule has 0 aromatic heterocycles. The number of benzene rings is 1.